The molecule has 3 aromatic rings. The van der Waals surface area contributed by atoms with Gasteiger partial charge in [-0.2, -0.15) is 0 Å². The summed E-state index contributed by atoms with van der Waals surface area (Å²) in [5.74, 6) is 0.418. The number of rotatable bonds is 6. The summed E-state index contributed by atoms with van der Waals surface area (Å²) in [5.41, 5.74) is 11.9. The molecule has 7 N–H and O–H groups in total. The van der Waals surface area contributed by atoms with E-state index < -0.39 is 6.10 Å². The molecule has 5 rings (SSSR count). The van der Waals surface area contributed by atoms with E-state index in [0.717, 1.165) is 11.1 Å². The van der Waals surface area contributed by atoms with Crippen molar-refractivity contribution >= 4 is 52.4 Å². The molecule has 1 saturated heterocycles. The molecule has 2 unspecified atom stereocenters. The van der Waals surface area contributed by atoms with E-state index in [1.54, 1.807) is 24.1 Å². The number of nitrogens with one attached hydrogen (secondary N) is 4. The largest absolute Gasteiger partial charge is 0.398 e. The van der Waals surface area contributed by atoms with Crippen LogP contribution in [0.1, 0.15) is 47.4 Å². The van der Waals surface area contributed by atoms with E-state index in [2.05, 4.69) is 22.2 Å². The third kappa shape index (κ3) is 5.41. The minimum absolute atomic E-state index is 0.106. The van der Waals surface area contributed by atoms with Crippen LogP contribution in [0.2, 0.25) is 5.02 Å². The Morgan fingerprint density at radius 3 is 2.74 bits per heavy atom. The molecule has 1 fully saturated rings. The van der Waals surface area contributed by atoms with Crippen molar-refractivity contribution in [2.75, 3.05) is 42.5 Å². The number of pyridine rings is 2. The number of anilines is 4. The maximum absolute atomic E-state index is 12.4. The highest BCUT2D eigenvalue weighted by Crippen LogP contribution is 2.44. The van der Waals surface area contributed by atoms with Gasteiger partial charge in [0.05, 0.1) is 39.5 Å². The molecule has 224 valence electrons. The molecule has 43 heavy (non-hydrogen) atoms. The number of nitrogens with two attached hydrogens (primary N) is 1. The van der Waals surface area contributed by atoms with Gasteiger partial charge in [-0.15, -0.1) is 0 Å². The number of aromatic nitrogens is 2. The third-order valence-electron chi connectivity index (χ3n) is 8.11. The van der Waals surface area contributed by atoms with Gasteiger partial charge < -0.3 is 36.7 Å². The molecule has 4 heterocycles. The van der Waals surface area contributed by atoms with Crippen LogP contribution in [0.4, 0.5) is 22.9 Å². The number of amidine groups is 1. The molecule has 0 aliphatic carbocycles. The number of carbonyl (C=O) groups is 1. The second-order valence-corrected chi connectivity index (χ2v) is 11.2. The highest BCUT2D eigenvalue weighted by molar-refractivity contribution is 6.37. The number of nitrogens with zero attached hydrogens (tertiary/aromatic N) is 4. The number of nitrogen functional groups attached to an aromatic ring is 1. The average Bonchev–Trinajstić information content (AvgIpc) is 2.98. The van der Waals surface area contributed by atoms with Gasteiger partial charge in [0.2, 0.25) is 5.91 Å². The summed E-state index contributed by atoms with van der Waals surface area (Å²) in [7, 11) is 0. The summed E-state index contributed by atoms with van der Waals surface area (Å²) in [6.07, 6.45) is 3.95. The number of carbonyl (C=O) groups excluding carboxylic acids is 1. The van der Waals surface area contributed by atoms with E-state index in [4.69, 9.17) is 27.7 Å². The molecule has 1 amide bonds. The topological polar surface area (TPSA) is 167 Å². The van der Waals surface area contributed by atoms with E-state index in [0.29, 0.717) is 88.6 Å². The lowest BCUT2D eigenvalue weighted by Gasteiger charge is -2.44. The molecular weight excluding hydrogens is 566 g/mol. The zero-order chi connectivity index (χ0) is 31.0. The normalized spacial score (nSPS) is 17.1. The Balaban J connectivity index is 1.74. The third-order valence-corrected chi connectivity index (χ3v) is 8.47. The number of hydrogen-bond donors (Lipinski definition) is 6. The van der Waals surface area contributed by atoms with E-state index in [-0.39, 0.29) is 17.8 Å². The summed E-state index contributed by atoms with van der Waals surface area (Å²) in [6.45, 7) is 11.0. The number of fused-ring (bicyclic) bond motifs is 2. The van der Waals surface area contributed by atoms with Crippen molar-refractivity contribution in [2.45, 2.75) is 39.3 Å². The van der Waals surface area contributed by atoms with Crippen LogP contribution in [0, 0.1) is 24.7 Å². The van der Waals surface area contributed by atoms with Gasteiger partial charge >= 0.3 is 0 Å². The van der Waals surface area contributed by atoms with Gasteiger partial charge in [-0.3, -0.25) is 15.2 Å². The van der Waals surface area contributed by atoms with Crippen molar-refractivity contribution in [3.8, 4) is 11.3 Å². The zero-order valence-corrected chi connectivity index (χ0v) is 25.2. The lowest BCUT2D eigenvalue weighted by atomic mass is 9.95. The molecule has 0 bridgehead atoms. The number of aliphatic hydroxyl groups excluding tert-OH is 1. The Bertz CT molecular complexity index is 1640. The maximum atomic E-state index is 12.4. The van der Waals surface area contributed by atoms with Gasteiger partial charge in [0, 0.05) is 61.4 Å². The quantitative estimate of drug-likeness (QED) is 0.135. The first kappa shape index (κ1) is 30.0. The van der Waals surface area contributed by atoms with Gasteiger partial charge in [0.25, 0.3) is 0 Å². The lowest BCUT2D eigenvalue weighted by Crippen LogP contribution is -2.57. The fourth-order valence-corrected chi connectivity index (χ4v) is 6.14. The first-order valence-corrected chi connectivity index (χ1v) is 14.5. The highest BCUT2D eigenvalue weighted by atomic mass is 35.5. The van der Waals surface area contributed by atoms with Crippen LogP contribution in [0.3, 0.4) is 0 Å². The fraction of sp³-hybridized carbons (Fsp3) is 0.323. The summed E-state index contributed by atoms with van der Waals surface area (Å²) in [5, 5.41) is 35.3. The zero-order valence-electron chi connectivity index (χ0n) is 24.5. The lowest BCUT2D eigenvalue weighted by molar-refractivity contribution is -0.128. The first-order chi connectivity index (χ1) is 20.6. The summed E-state index contributed by atoms with van der Waals surface area (Å²) in [6, 6.07) is 5.34. The van der Waals surface area contributed by atoms with Crippen molar-refractivity contribution < 1.29 is 9.90 Å². The Labute approximate surface area is 255 Å². The smallest absolute Gasteiger partial charge is 0.246 e. The molecule has 0 radical (unpaired) electrons. The van der Waals surface area contributed by atoms with Gasteiger partial charge in [-0.1, -0.05) is 24.2 Å². The van der Waals surface area contributed by atoms with E-state index in [1.807, 2.05) is 30.9 Å². The molecule has 0 saturated carbocycles. The monoisotopic (exact) mass is 601 g/mol. The fourth-order valence-electron chi connectivity index (χ4n) is 5.84. The van der Waals surface area contributed by atoms with Crippen molar-refractivity contribution in [1.82, 2.24) is 19.8 Å². The van der Waals surface area contributed by atoms with Gasteiger partial charge in [0.15, 0.2) is 0 Å². The minimum Gasteiger partial charge on any atom is -0.398 e. The SMILES string of the molecule is C=CC(=O)N1CCN2C(=N)c3c(Nc4c(C)ccnc4C(C)O)nc(-c4c(C)ccc(N)c4C=N)c(Cl)c3NCCC2C1. The second-order valence-electron chi connectivity index (χ2n) is 10.9. The van der Waals surface area contributed by atoms with Gasteiger partial charge in [-0.05, 0) is 56.5 Å². The molecular formula is C31H36ClN9O2. The molecule has 2 aromatic heterocycles. The van der Waals surface area contributed by atoms with Crippen LogP contribution in [0.25, 0.3) is 11.3 Å². The van der Waals surface area contributed by atoms with Crippen molar-refractivity contribution in [2.24, 2.45) is 0 Å². The Kier molecular flexibility index (Phi) is 8.38. The minimum atomic E-state index is -0.867. The molecule has 1 aromatic carbocycles. The van der Waals surface area contributed by atoms with Crippen molar-refractivity contribution in [3.63, 3.8) is 0 Å². The molecule has 2 atom stereocenters. The van der Waals surface area contributed by atoms with E-state index in [1.165, 1.54) is 12.3 Å². The molecule has 2 aliphatic heterocycles. The van der Waals surface area contributed by atoms with Crippen LogP contribution in [-0.4, -0.2) is 75.1 Å². The van der Waals surface area contributed by atoms with Gasteiger partial charge in [0.1, 0.15) is 11.7 Å². The summed E-state index contributed by atoms with van der Waals surface area (Å²) < 4.78 is 0. The number of aliphatic hydroxyl groups is 1. The number of piperazine rings is 1. The number of amides is 1. The van der Waals surface area contributed by atoms with Crippen LogP contribution >= 0.6 is 11.6 Å². The van der Waals surface area contributed by atoms with Crippen LogP contribution in [-0.2, 0) is 4.79 Å². The Morgan fingerprint density at radius 1 is 1.28 bits per heavy atom. The predicted octanol–water partition coefficient (Wildman–Crippen LogP) is 4.63. The number of aryl methyl sites for hydroxylation is 2. The maximum Gasteiger partial charge on any atom is 0.246 e. The summed E-state index contributed by atoms with van der Waals surface area (Å²) >= 11 is 7.15. The molecule has 0 spiro atoms. The number of hydrogen-bond acceptors (Lipinski definition) is 9. The predicted molar refractivity (Wildman–Crippen MR) is 172 cm³/mol. The van der Waals surface area contributed by atoms with Gasteiger partial charge in [-0.25, -0.2) is 4.98 Å². The van der Waals surface area contributed by atoms with E-state index in [9.17, 15) is 15.3 Å². The Morgan fingerprint density at radius 2 is 2.05 bits per heavy atom. The second kappa shape index (κ2) is 12.0. The molecule has 2 aliphatic rings. The van der Waals surface area contributed by atoms with Crippen molar-refractivity contribution in [1.29, 1.82) is 10.8 Å². The van der Waals surface area contributed by atoms with Crippen LogP contribution < -0.4 is 16.4 Å². The average molecular weight is 602 g/mol. The summed E-state index contributed by atoms with van der Waals surface area (Å²) in [4.78, 5) is 25.6. The number of benzene rings is 1. The standard InChI is InChI=1S/C31H36ClN9O2/c1-5-22(43)40-12-13-41-19(15-40)9-11-37-28-24(30(41)35)31(38-26-17(3)8-10-36-27(26)18(4)42)39-29(25(28)32)23-16(2)6-7-21(34)20(23)14-33/h5-8,10,14,18-19,33,35,37,42H,1,9,11-13,15,34H2,2-4H3,(H,38,39). The Hall–Kier alpha value is -4.48. The van der Waals surface area contributed by atoms with Crippen LogP contribution in [0.5, 0.6) is 0 Å². The molecule has 12 heteroatoms. The van der Waals surface area contributed by atoms with Crippen LogP contribution in [0.15, 0.2) is 37.1 Å². The highest BCUT2D eigenvalue weighted by Gasteiger charge is 2.36. The van der Waals surface area contributed by atoms with E-state index >= 15 is 0 Å². The molecule has 11 nitrogen and oxygen atoms in total. The first-order valence-electron chi connectivity index (χ1n) is 14.1. The number of halogens is 1. The van der Waals surface area contributed by atoms with Crippen molar-refractivity contribution in [3.05, 3.63) is 70.0 Å².